The first kappa shape index (κ1) is 14.7. The van der Waals surface area contributed by atoms with E-state index in [1.54, 1.807) is 14.2 Å². The minimum absolute atomic E-state index is 0.0351. The minimum Gasteiger partial charge on any atom is -0.497 e. The van der Waals surface area contributed by atoms with Crippen LogP contribution in [0.2, 0.25) is 0 Å². The molecule has 0 saturated heterocycles. The number of carbonyl (C=O) groups excluding carboxylic acids is 1. The maximum Gasteiger partial charge on any atom is 0.224 e. The molecule has 1 amide bonds. The van der Waals surface area contributed by atoms with E-state index in [0.29, 0.717) is 19.0 Å². The summed E-state index contributed by atoms with van der Waals surface area (Å²) in [5.74, 6) is 1.27. The van der Waals surface area contributed by atoms with Crippen molar-refractivity contribution >= 4 is 5.91 Å². The summed E-state index contributed by atoms with van der Waals surface area (Å²) in [4.78, 5) is 12.1. The number of hydrogen-bond acceptors (Lipinski definition) is 4. The highest BCUT2D eigenvalue weighted by atomic mass is 16.5. The first-order valence-electron chi connectivity index (χ1n) is 6.89. The van der Waals surface area contributed by atoms with Gasteiger partial charge in [0, 0.05) is 18.7 Å². The molecule has 5 nitrogen and oxygen atoms in total. The molecule has 110 valence electrons. The van der Waals surface area contributed by atoms with Gasteiger partial charge in [-0.1, -0.05) is 6.07 Å². The summed E-state index contributed by atoms with van der Waals surface area (Å²) in [6, 6.07) is 5.96. The molecule has 1 saturated carbocycles. The molecule has 1 unspecified atom stereocenters. The fraction of sp³-hybridized carbons (Fsp3) is 0.533. The van der Waals surface area contributed by atoms with Crippen molar-refractivity contribution in [3.63, 3.8) is 0 Å². The van der Waals surface area contributed by atoms with Gasteiger partial charge in [0.2, 0.25) is 5.91 Å². The molecule has 0 aromatic heterocycles. The Morgan fingerprint density at radius 3 is 2.70 bits per heavy atom. The molecular formula is C15H22N2O3. The highest BCUT2D eigenvalue weighted by Crippen LogP contribution is 2.27. The quantitative estimate of drug-likeness (QED) is 0.783. The van der Waals surface area contributed by atoms with Crippen LogP contribution in [-0.2, 0) is 11.2 Å². The number of methoxy groups -OCH3 is 2. The van der Waals surface area contributed by atoms with Crippen LogP contribution in [-0.4, -0.2) is 32.7 Å². The molecule has 1 aromatic carbocycles. The molecule has 20 heavy (non-hydrogen) atoms. The standard InChI is InChI=1S/C15H22N2O3/c1-19-13-6-3-10(14(8-13)20-2)7-11(9-16)15(18)17-12-4-5-12/h3,6,8,11-12H,4-5,7,9,16H2,1-2H3,(H,17,18). The van der Waals surface area contributed by atoms with Gasteiger partial charge >= 0.3 is 0 Å². The van der Waals surface area contributed by atoms with Gasteiger partial charge in [0.05, 0.1) is 20.1 Å². The molecule has 1 aliphatic carbocycles. The van der Waals surface area contributed by atoms with Crippen LogP contribution in [0.4, 0.5) is 0 Å². The minimum atomic E-state index is -0.224. The molecule has 0 spiro atoms. The lowest BCUT2D eigenvalue weighted by Crippen LogP contribution is -2.37. The fourth-order valence-electron chi connectivity index (χ4n) is 2.12. The molecular weight excluding hydrogens is 256 g/mol. The summed E-state index contributed by atoms with van der Waals surface area (Å²) in [6.45, 7) is 0.327. The number of amides is 1. The number of benzene rings is 1. The van der Waals surface area contributed by atoms with Gasteiger partial charge in [0.1, 0.15) is 11.5 Å². The molecule has 0 heterocycles. The van der Waals surface area contributed by atoms with Crippen molar-refractivity contribution in [1.29, 1.82) is 0 Å². The molecule has 5 heteroatoms. The number of rotatable bonds is 7. The van der Waals surface area contributed by atoms with Crippen molar-refractivity contribution in [1.82, 2.24) is 5.32 Å². The molecule has 0 bridgehead atoms. The van der Waals surface area contributed by atoms with E-state index in [2.05, 4.69) is 5.32 Å². The second-order valence-corrected chi connectivity index (χ2v) is 5.10. The normalized spacial score (nSPS) is 15.6. The summed E-state index contributed by atoms with van der Waals surface area (Å²) < 4.78 is 10.5. The maximum atomic E-state index is 12.1. The first-order chi connectivity index (χ1) is 9.67. The summed E-state index contributed by atoms with van der Waals surface area (Å²) in [5.41, 5.74) is 6.71. The third-order valence-corrected chi connectivity index (χ3v) is 3.54. The van der Waals surface area contributed by atoms with Crippen molar-refractivity contribution in [2.75, 3.05) is 20.8 Å². The Kier molecular flexibility index (Phi) is 4.84. The predicted octanol–water partition coefficient (Wildman–Crippen LogP) is 1.10. The number of nitrogens with one attached hydrogen (secondary N) is 1. The topological polar surface area (TPSA) is 73.6 Å². The predicted molar refractivity (Wildman–Crippen MR) is 77.0 cm³/mol. The van der Waals surface area contributed by atoms with E-state index in [1.807, 2.05) is 18.2 Å². The molecule has 2 rings (SSSR count). The zero-order valence-electron chi connectivity index (χ0n) is 12.0. The van der Waals surface area contributed by atoms with Gasteiger partial charge in [0.15, 0.2) is 0 Å². The Bertz CT molecular complexity index is 472. The van der Waals surface area contributed by atoms with Crippen LogP contribution in [0.5, 0.6) is 11.5 Å². The van der Waals surface area contributed by atoms with Crippen molar-refractivity contribution in [3.8, 4) is 11.5 Å². The third-order valence-electron chi connectivity index (χ3n) is 3.54. The van der Waals surface area contributed by atoms with Crippen LogP contribution < -0.4 is 20.5 Å². The lowest BCUT2D eigenvalue weighted by atomic mass is 9.97. The molecule has 1 aliphatic rings. The SMILES string of the molecule is COc1ccc(CC(CN)C(=O)NC2CC2)c(OC)c1. The van der Waals surface area contributed by atoms with Crippen molar-refractivity contribution < 1.29 is 14.3 Å². The van der Waals surface area contributed by atoms with Crippen LogP contribution >= 0.6 is 0 Å². The Morgan fingerprint density at radius 1 is 1.40 bits per heavy atom. The van der Waals surface area contributed by atoms with Gasteiger partial charge in [-0.25, -0.2) is 0 Å². The summed E-state index contributed by atoms with van der Waals surface area (Å²) >= 11 is 0. The van der Waals surface area contributed by atoms with E-state index in [4.69, 9.17) is 15.2 Å². The molecule has 1 aromatic rings. The fourth-order valence-corrected chi connectivity index (χ4v) is 2.12. The van der Waals surface area contributed by atoms with E-state index in [1.165, 1.54) is 0 Å². The summed E-state index contributed by atoms with van der Waals surface area (Å²) in [6.07, 6.45) is 2.73. The number of hydrogen-bond donors (Lipinski definition) is 2. The zero-order valence-corrected chi connectivity index (χ0v) is 12.0. The largest absolute Gasteiger partial charge is 0.497 e. The molecule has 0 aliphatic heterocycles. The van der Waals surface area contributed by atoms with E-state index >= 15 is 0 Å². The lowest BCUT2D eigenvalue weighted by molar-refractivity contribution is -0.124. The van der Waals surface area contributed by atoms with Gasteiger partial charge < -0.3 is 20.5 Å². The average Bonchev–Trinajstić information content (AvgIpc) is 3.28. The lowest BCUT2D eigenvalue weighted by Gasteiger charge is -2.17. The molecule has 1 fully saturated rings. The van der Waals surface area contributed by atoms with Crippen molar-refractivity contribution in [2.45, 2.75) is 25.3 Å². The van der Waals surface area contributed by atoms with E-state index < -0.39 is 0 Å². The Hall–Kier alpha value is -1.75. The van der Waals surface area contributed by atoms with Gasteiger partial charge in [-0.2, -0.15) is 0 Å². The average molecular weight is 278 g/mol. The second-order valence-electron chi connectivity index (χ2n) is 5.10. The van der Waals surface area contributed by atoms with Crippen molar-refractivity contribution in [3.05, 3.63) is 23.8 Å². The number of ether oxygens (including phenoxy) is 2. The Labute approximate surface area is 119 Å². The zero-order chi connectivity index (χ0) is 14.5. The summed E-state index contributed by atoms with van der Waals surface area (Å²) in [5, 5.41) is 3.00. The summed E-state index contributed by atoms with van der Waals surface area (Å²) in [7, 11) is 3.22. The molecule has 1 atom stereocenters. The smallest absolute Gasteiger partial charge is 0.224 e. The third kappa shape index (κ3) is 3.63. The van der Waals surface area contributed by atoms with E-state index in [9.17, 15) is 4.79 Å². The Balaban J connectivity index is 2.07. The van der Waals surface area contributed by atoms with Gasteiger partial charge in [-0.3, -0.25) is 4.79 Å². The van der Waals surface area contributed by atoms with E-state index in [-0.39, 0.29) is 11.8 Å². The van der Waals surface area contributed by atoms with E-state index in [0.717, 1.165) is 29.9 Å². The van der Waals surface area contributed by atoms with Crippen LogP contribution in [0.1, 0.15) is 18.4 Å². The monoisotopic (exact) mass is 278 g/mol. The number of carbonyl (C=O) groups is 1. The van der Waals surface area contributed by atoms with Crippen LogP contribution in [0.3, 0.4) is 0 Å². The van der Waals surface area contributed by atoms with Crippen LogP contribution in [0.15, 0.2) is 18.2 Å². The van der Waals surface area contributed by atoms with Crippen molar-refractivity contribution in [2.24, 2.45) is 11.7 Å². The maximum absolute atomic E-state index is 12.1. The molecule has 0 radical (unpaired) electrons. The van der Waals surface area contributed by atoms with Gasteiger partial charge in [0.25, 0.3) is 0 Å². The number of nitrogens with two attached hydrogens (primary N) is 1. The first-order valence-corrected chi connectivity index (χ1v) is 6.89. The Morgan fingerprint density at radius 2 is 2.15 bits per heavy atom. The van der Waals surface area contributed by atoms with Gasteiger partial charge in [-0.05, 0) is 30.9 Å². The van der Waals surface area contributed by atoms with Crippen LogP contribution in [0, 0.1) is 5.92 Å². The van der Waals surface area contributed by atoms with Gasteiger partial charge in [-0.15, -0.1) is 0 Å². The highest BCUT2D eigenvalue weighted by molar-refractivity contribution is 5.80. The second kappa shape index (κ2) is 6.61. The molecule has 3 N–H and O–H groups in total. The van der Waals surface area contributed by atoms with Crippen LogP contribution in [0.25, 0.3) is 0 Å². The highest BCUT2D eigenvalue weighted by Gasteiger charge is 2.27.